The molecule has 0 aliphatic heterocycles. The standard InChI is InChI=1S/C9H21O5P/c1-4-6-13-15(10,11)14-8-9(3)7-12-5-2/h9H,4-8H2,1-3H3,(H,10,11). The summed E-state index contributed by atoms with van der Waals surface area (Å²) in [6.07, 6.45) is 0.683. The highest BCUT2D eigenvalue weighted by Crippen LogP contribution is 2.43. The molecule has 0 saturated heterocycles. The lowest BCUT2D eigenvalue weighted by atomic mass is 10.2. The van der Waals surface area contributed by atoms with E-state index >= 15 is 0 Å². The zero-order valence-corrected chi connectivity index (χ0v) is 10.5. The summed E-state index contributed by atoms with van der Waals surface area (Å²) in [5, 5.41) is 0. The molecule has 0 radical (unpaired) electrons. The fraction of sp³-hybridized carbons (Fsp3) is 1.00. The lowest BCUT2D eigenvalue weighted by Gasteiger charge is -2.15. The summed E-state index contributed by atoms with van der Waals surface area (Å²) in [4.78, 5) is 9.19. The molecule has 0 bridgehead atoms. The molecule has 2 unspecified atom stereocenters. The third-order valence-electron chi connectivity index (χ3n) is 1.59. The van der Waals surface area contributed by atoms with Crippen LogP contribution in [-0.2, 0) is 18.3 Å². The van der Waals surface area contributed by atoms with Crippen molar-refractivity contribution in [2.45, 2.75) is 27.2 Å². The second kappa shape index (κ2) is 8.25. The van der Waals surface area contributed by atoms with Gasteiger partial charge in [-0.1, -0.05) is 13.8 Å². The molecule has 0 aliphatic rings. The molecule has 0 fully saturated rings. The fourth-order valence-electron chi connectivity index (χ4n) is 0.832. The molecule has 1 N–H and O–H groups in total. The molecule has 0 heterocycles. The van der Waals surface area contributed by atoms with Crippen molar-refractivity contribution in [1.82, 2.24) is 0 Å². The third-order valence-corrected chi connectivity index (χ3v) is 2.57. The minimum atomic E-state index is -3.85. The molecular weight excluding hydrogens is 219 g/mol. The van der Waals surface area contributed by atoms with Gasteiger partial charge in [0.25, 0.3) is 0 Å². The average Bonchev–Trinajstić information content (AvgIpc) is 2.21. The topological polar surface area (TPSA) is 65.0 Å². The summed E-state index contributed by atoms with van der Waals surface area (Å²) in [7, 11) is -3.85. The Morgan fingerprint density at radius 2 is 1.93 bits per heavy atom. The Bertz CT molecular complexity index is 197. The zero-order chi connectivity index (χ0) is 11.7. The summed E-state index contributed by atoms with van der Waals surface area (Å²) in [6, 6.07) is 0. The molecule has 92 valence electrons. The van der Waals surface area contributed by atoms with Gasteiger partial charge in [0.05, 0.1) is 19.8 Å². The highest BCUT2D eigenvalue weighted by Gasteiger charge is 2.21. The molecule has 0 saturated carbocycles. The minimum Gasteiger partial charge on any atom is -0.381 e. The van der Waals surface area contributed by atoms with Crippen LogP contribution in [0, 0.1) is 5.92 Å². The molecule has 0 amide bonds. The van der Waals surface area contributed by atoms with E-state index < -0.39 is 7.82 Å². The minimum absolute atomic E-state index is 0.0793. The number of hydrogen-bond acceptors (Lipinski definition) is 4. The number of phosphoric acid groups is 1. The van der Waals surface area contributed by atoms with Crippen LogP contribution in [-0.4, -0.2) is 31.3 Å². The van der Waals surface area contributed by atoms with Crippen molar-refractivity contribution in [1.29, 1.82) is 0 Å². The van der Waals surface area contributed by atoms with Crippen molar-refractivity contribution in [2.24, 2.45) is 5.92 Å². The van der Waals surface area contributed by atoms with Crippen molar-refractivity contribution >= 4 is 7.82 Å². The maximum absolute atomic E-state index is 11.2. The molecule has 0 aromatic rings. The quantitative estimate of drug-likeness (QED) is 0.626. The van der Waals surface area contributed by atoms with E-state index in [2.05, 4.69) is 4.52 Å². The Morgan fingerprint density at radius 1 is 1.27 bits per heavy atom. The van der Waals surface area contributed by atoms with Crippen molar-refractivity contribution in [2.75, 3.05) is 26.4 Å². The van der Waals surface area contributed by atoms with Gasteiger partial charge in [-0.05, 0) is 13.3 Å². The van der Waals surface area contributed by atoms with E-state index in [9.17, 15) is 9.46 Å². The van der Waals surface area contributed by atoms with Crippen molar-refractivity contribution in [3.63, 3.8) is 0 Å². The van der Waals surface area contributed by atoms with Crippen LogP contribution in [0.15, 0.2) is 0 Å². The first-order valence-corrected chi connectivity index (χ1v) is 6.71. The van der Waals surface area contributed by atoms with Gasteiger partial charge >= 0.3 is 7.82 Å². The Balaban J connectivity index is 3.67. The highest BCUT2D eigenvalue weighted by molar-refractivity contribution is 7.47. The normalized spacial score (nSPS) is 17.3. The van der Waals surface area contributed by atoms with E-state index in [0.29, 0.717) is 19.6 Å². The van der Waals surface area contributed by atoms with Gasteiger partial charge in [0.2, 0.25) is 0 Å². The first kappa shape index (κ1) is 15.1. The van der Waals surface area contributed by atoms with Crippen LogP contribution in [0.1, 0.15) is 27.2 Å². The van der Waals surface area contributed by atoms with Crippen LogP contribution >= 0.6 is 7.82 Å². The van der Waals surface area contributed by atoms with Crippen LogP contribution in [0.2, 0.25) is 0 Å². The lowest BCUT2D eigenvalue weighted by Crippen LogP contribution is -2.12. The SMILES string of the molecule is CCCOP(=O)(O)OCC(C)COCC. The van der Waals surface area contributed by atoms with Gasteiger partial charge in [-0.2, -0.15) is 0 Å². The predicted molar refractivity (Wildman–Crippen MR) is 57.7 cm³/mol. The fourth-order valence-corrected chi connectivity index (χ4v) is 1.76. The molecule has 2 atom stereocenters. The lowest BCUT2D eigenvalue weighted by molar-refractivity contribution is 0.0766. The van der Waals surface area contributed by atoms with Crippen molar-refractivity contribution in [3.8, 4) is 0 Å². The summed E-state index contributed by atoms with van der Waals surface area (Å²) in [5.74, 6) is 0.0793. The highest BCUT2D eigenvalue weighted by atomic mass is 31.2. The summed E-state index contributed by atoms with van der Waals surface area (Å²) < 4.78 is 25.9. The van der Waals surface area contributed by atoms with Crippen LogP contribution in [0.4, 0.5) is 0 Å². The molecule has 0 aromatic heterocycles. The van der Waals surface area contributed by atoms with E-state index in [1.807, 2.05) is 20.8 Å². The average molecular weight is 240 g/mol. The Kier molecular flexibility index (Phi) is 8.29. The number of rotatable bonds is 9. The molecule has 6 heteroatoms. The van der Waals surface area contributed by atoms with Crippen LogP contribution in [0.3, 0.4) is 0 Å². The van der Waals surface area contributed by atoms with Gasteiger partial charge in [-0.15, -0.1) is 0 Å². The third kappa shape index (κ3) is 9.03. The van der Waals surface area contributed by atoms with E-state index in [1.54, 1.807) is 0 Å². The Labute approximate surface area is 91.3 Å². The van der Waals surface area contributed by atoms with Gasteiger partial charge in [-0.3, -0.25) is 9.05 Å². The maximum Gasteiger partial charge on any atom is 0.472 e. The van der Waals surface area contributed by atoms with Crippen molar-refractivity contribution < 1.29 is 23.2 Å². The van der Waals surface area contributed by atoms with Gasteiger partial charge in [0.1, 0.15) is 0 Å². The van der Waals surface area contributed by atoms with Gasteiger partial charge in [0, 0.05) is 12.5 Å². The summed E-state index contributed by atoms with van der Waals surface area (Å²) >= 11 is 0. The first-order valence-electron chi connectivity index (χ1n) is 5.21. The van der Waals surface area contributed by atoms with Crippen LogP contribution in [0.25, 0.3) is 0 Å². The Hall–Kier alpha value is 0.0700. The number of ether oxygens (including phenoxy) is 1. The van der Waals surface area contributed by atoms with E-state index in [0.717, 1.165) is 0 Å². The van der Waals surface area contributed by atoms with E-state index in [4.69, 9.17) is 9.26 Å². The second-order valence-electron chi connectivity index (χ2n) is 3.36. The van der Waals surface area contributed by atoms with Crippen LogP contribution < -0.4 is 0 Å². The largest absolute Gasteiger partial charge is 0.472 e. The smallest absolute Gasteiger partial charge is 0.381 e. The molecule has 0 aliphatic carbocycles. The molecule has 5 nitrogen and oxygen atoms in total. The van der Waals surface area contributed by atoms with E-state index in [1.165, 1.54) is 0 Å². The molecule has 0 rings (SSSR count). The molecule has 0 spiro atoms. The number of phosphoric ester groups is 1. The summed E-state index contributed by atoms with van der Waals surface area (Å²) in [5.41, 5.74) is 0. The molecule has 15 heavy (non-hydrogen) atoms. The summed E-state index contributed by atoms with van der Waals surface area (Å²) in [6.45, 7) is 7.19. The maximum atomic E-state index is 11.2. The first-order chi connectivity index (χ1) is 7.02. The second-order valence-corrected chi connectivity index (χ2v) is 4.82. The Morgan fingerprint density at radius 3 is 2.47 bits per heavy atom. The van der Waals surface area contributed by atoms with Gasteiger partial charge in [-0.25, -0.2) is 4.57 Å². The van der Waals surface area contributed by atoms with Gasteiger partial charge in [0.15, 0.2) is 0 Å². The number of hydrogen-bond donors (Lipinski definition) is 1. The predicted octanol–water partition coefficient (Wildman–Crippen LogP) is 2.20. The van der Waals surface area contributed by atoms with E-state index in [-0.39, 0.29) is 19.1 Å². The zero-order valence-electron chi connectivity index (χ0n) is 9.64. The monoisotopic (exact) mass is 240 g/mol. The molecule has 0 aromatic carbocycles. The molecular formula is C9H21O5P. The van der Waals surface area contributed by atoms with Crippen LogP contribution in [0.5, 0.6) is 0 Å². The van der Waals surface area contributed by atoms with Gasteiger partial charge < -0.3 is 9.63 Å². The van der Waals surface area contributed by atoms with Crippen molar-refractivity contribution in [3.05, 3.63) is 0 Å².